The van der Waals surface area contributed by atoms with Crippen molar-refractivity contribution in [3.8, 4) is 35.2 Å². The molecule has 2 aromatic carbocycles. The molecule has 0 fully saturated rings. The quantitative estimate of drug-likeness (QED) is 0.745. The zero-order valence-corrected chi connectivity index (χ0v) is 11.6. The van der Waals surface area contributed by atoms with Crippen molar-refractivity contribution in [1.29, 1.82) is 0 Å². The summed E-state index contributed by atoms with van der Waals surface area (Å²) in [6.07, 6.45) is 5.26. The molecule has 4 heteroatoms. The highest BCUT2D eigenvalue weighted by atomic mass is 16.5. The van der Waals surface area contributed by atoms with Gasteiger partial charge in [0.05, 0.1) is 23.7 Å². The second-order valence-electron chi connectivity index (χ2n) is 4.46. The van der Waals surface area contributed by atoms with Gasteiger partial charge in [0.15, 0.2) is 0 Å². The van der Waals surface area contributed by atoms with Crippen molar-refractivity contribution < 1.29 is 9.47 Å². The Kier molecular flexibility index (Phi) is 3.48. The fourth-order valence-corrected chi connectivity index (χ4v) is 2.15. The molecule has 0 atom stereocenters. The summed E-state index contributed by atoms with van der Waals surface area (Å²) in [5, 5.41) is 0. The van der Waals surface area contributed by atoms with E-state index in [1.54, 1.807) is 7.11 Å². The minimum Gasteiger partial charge on any atom is -0.497 e. The molecule has 0 spiro atoms. The standard InChI is InChI=1S/C17H14N2O2/c1-3-10-21-16-9-8-12(20-2)11-13(16)17-18-14-6-4-5-7-15(14)19-17/h1,4-9,11H,10H2,2H3,(H,18,19). The number of H-pyrrole nitrogens is 1. The predicted octanol–water partition coefficient (Wildman–Crippen LogP) is 3.25. The van der Waals surface area contributed by atoms with Crippen molar-refractivity contribution in [1.82, 2.24) is 9.97 Å². The van der Waals surface area contributed by atoms with Crippen LogP contribution in [-0.2, 0) is 0 Å². The van der Waals surface area contributed by atoms with Crippen LogP contribution in [0.2, 0.25) is 0 Å². The highest BCUT2D eigenvalue weighted by Gasteiger charge is 2.12. The number of imidazole rings is 1. The number of rotatable bonds is 4. The van der Waals surface area contributed by atoms with Crippen molar-refractivity contribution in [2.45, 2.75) is 0 Å². The van der Waals surface area contributed by atoms with Crippen LogP contribution in [0.4, 0.5) is 0 Å². The van der Waals surface area contributed by atoms with Crippen molar-refractivity contribution >= 4 is 11.0 Å². The Labute approximate surface area is 122 Å². The fourth-order valence-electron chi connectivity index (χ4n) is 2.15. The van der Waals surface area contributed by atoms with E-state index in [0.717, 1.165) is 28.2 Å². The van der Waals surface area contributed by atoms with E-state index < -0.39 is 0 Å². The predicted molar refractivity (Wildman–Crippen MR) is 82.4 cm³/mol. The first-order chi connectivity index (χ1) is 10.3. The van der Waals surface area contributed by atoms with Gasteiger partial charge in [-0.3, -0.25) is 0 Å². The maximum absolute atomic E-state index is 5.58. The number of methoxy groups -OCH3 is 1. The van der Waals surface area contributed by atoms with E-state index in [1.165, 1.54) is 0 Å². The molecule has 3 aromatic rings. The number of fused-ring (bicyclic) bond motifs is 1. The number of benzene rings is 2. The van der Waals surface area contributed by atoms with Crippen LogP contribution in [0.25, 0.3) is 22.4 Å². The molecule has 0 radical (unpaired) electrons. The van der Waals surface area contributed by atoms with Crippen molar-refractivity contribution in [3.63, 3.8) is 0 Å². The van der Waals surface area contributed by atoms with E-state index in [-0.39, 0.29) is 6.61 Å². The molecule has 1 N–H and O–H groups in total. The Balaban J connectivity index is 2.11. The third-order valence-corrected chi connectivity index (χ3v) is 3.14. The van der Waals surface area contributed by atoms with Crippen LogP contribution < -0.4 is 9.47 Å². The van der Waals surface area contributed by atoms with Gasteiger partial charge in [-0.15, -0.1) is 6.42 Å². The molecule has 0 aliphatic rings. The molecule has 0 saturated heterocycles. The molecule has 1 heterocycles. The van der Waals surface area contributed by atoms with Crippen molar-refractivity contribution in [2.75, 3.05) is 13.7 Å². The maximum atomic E-state index is 5.58. The van der Waals surface area contributed by atoms with Crippen molar-refractivity contribution in [3.05, 3.63) is 42.5 Å². The number of aromatic nitrogens is 2. The molecule has 0 saturated carbocycles. The summed E-state index contributed by atoms with van der Waals surface area (Å²) in [5.74, 6) is 4.60. The molecule has 0 amide bonds. The first-order valence-corrected chi connectivity index (χ1v) is 6.51. The lowest BCUT2D eigenvalue weighted by molar-refractivity contribution is 0.369. The number of nitrogens with zero attached hydrogens (tertiary/aromatic N) is 1. The topological polar surface area (TPSA) is 47.1 Å². The average Bonchev–Trinajstić information content (AvgIpc) is 2.96. The molecule has 0 aliphatic heterocycles. The highest BCUT2D eigenvalue weighted by Crippen LogP contribution is 2.33. The zero-order chi connectivity index (χ0) is 14.7. The third-order valence-electron chi connectivity index (χ3n) is 3.14. The van der Waals surface area contributed by atoms with E-state index in [1.807, 2.05) is 42.5 Å². The largest absolute Gasteiger partial charge is 0.497 e. The van der Waals surface area contributed by atoms with Gasteiger partial charge in [0.1, 0.15) is 23.9 Å². The molecular formula is C17H14N2O2. The van der Waals surface area contributed by atoms with Gasteiger partial charge in [0.25, 0.3) is 0 Å². The lowest BCUT2D eigenvalue weighted by Crippen LogP contribution is -1.97. The zero-order valence-electron chi connectivity index (χ0n) is 11.6. The maximum Gasteiger partial charge on any atom is 0.148 e. The molecular weight excluding hydrogens is 264 g/mol. The molecule has 104 valence electrons. The fraction of sp³-hybridized carbons (Fsp3) is 0.118. The van der Waals surface area contributed by atoms with Crippen LogP contribution in [0, 0.1) is 12.3 Å². The number of terminal acetylenes is 1. The van der Waals surface area contributed by atoms with E-state index in [2.05, 4.69) is 15.9 Å². The first kappa shape index (κ1) is 13.1. The Hall–Kier alpha value is -2.93. The highest BCUT2D eigenvalue weighted by molar-refractivity contribution is 5.80. The van der Waals surface area contributed by atoms with Crippen LogP contribution in [0.5, 0.6) is 11.5 Å². The van der Waals surface area contributed by atoms with E-state index in [0.29, 0.717) is 5.75 Å². The summed E-state index contributed by atoms with van der Waals surface area (Å²) in [6, 6.07) is 13.4. The van der Waals surface area contributed by atoms with E-state index in [4.69, 9.17) is 15.9 Å². The van der Waals surface area contributed by atoms with Gasteiger partial charge in [0, 0.05) is 0 Å². The van der Waals surface area contributed by atoms with Gasteiger partial charge in [-0.25, -0.2) is 4.98 Å². The number of hydrogen-bond acceptors (Lipinski definition) is 3. The first-order valence-electron chi connectivity index (χ1n) is 6.51. The minimum absolute atomic E-state index is 0.208. The van der Waals surface area contributed by atoms with Gasteiger partial charge in [-0.1, -0.05) is 18.1 Å². The number of nitrogens with one attached hydrogen (secondary N) is 1. The summed E-state index contributed by atoms with van der Waals surface area (Å²) in [6.45, 7) is 0.208. The summed E-state index contributed by atoms with van der Waals surface area (Å²) in [7, 11) is 1.62. The van der Waals surface area contributed by atoms with E-state index in [9.17, 15) is 0 Å². The molecule has 0 aliphatic carbocycles. The van der Waals surface area contributed by atoms with Crippen LogP contribution in [0.3, 0.4) is 0 Å². The summed E-state index contributed by atoms with van der Waals surface area (Å²) >= 11 is 0. The van der Waals surface area contributed by atoms with Crippen LogP contribution in [0.1, 0.15) is 0 Å². The van der Waals surface area contributed by atoms with Gasteiger partial charge >= 0.3 is 0 Å². The lowest BCUT2D eigenvalue weighted by atomic mass is 10.2. The summed E-state index contributed by atoms with van der Waals surface area (Å²) in [4.78, 5) is 7.87. The molecule has 21 heavy (non-hydrogen) atoms. The van der Waals surface area contributed by atoms with Crippen LogP contribution >= 0.6 is 0 Å². The normalized spacial score (nSPS) is 10.3. The SMILES string of the molecule is C#CCOc1ccc(OC)cc1-c1nc2ccccc2[nH]1. The molecule has 1 aromatic heterocycles. The van der Waals surface area contributed by atoms with Gasteiger partial charge < -0.3 is 14.5 Å². The molecule has 0 unspecified atom stereocenters. The Morgan fingerprint density at radius 3 is 2.86 bits per heavy atom. The van der Waals surface area contributed by atoms with Gasteiger partial charge in [-0.05, 0) is 30.3 Å². The second kappa shape index (κ2) is 5.59. The molecule has 4 nitrogen and oxygen atoms in total. The van der Waals surface area contributed by atoms with Gasteiger partial charge in [0.2, 0.25) is 0 Å². The van der Waals surface area contributed by atoms with E-state index >= 15 is 0 Å². The third kappa shape index (κ3) is 2.54. The van der Waals surface area contributed by atoms with Crippen molar-refractivity contribution in [2.24, 2.45) is 0 Å². The number of hydrogen-bond donors (Lipinski definition) is 1. The summed E-state index contributed by atoms with van der Waals surface area (Å²) < 4.78 is 10.9. The van der Waals surface area contributed by atoms with Crippen LogP contribution in [0.15, 0.2) is 42.5 Å². The molecule has 0 bridgehead atoms. The number of para-hydroxylation sites is 2. The van der Waals surface area contributed by atoms with Gasteiger partial charge in [-0.2, -0.15) is 0 Å². The monoisotopic (exact) mass is 278 g/mol. The smallest absolute Gasteiger partial charge is 0.148 e. The Morgan fingerprint density at radius 1 is 1.24 bits per heavy atom. The molecule has 3 rings (SSSR count). The summed E-state index contributed by atoms with van der Waals surface area (Å²) in [5.41, 5.74) is 2.69. The minimum atomic E-state index is 0.208. The Morgan fingerprint density at radius 2 is 2.10 bits per heavy atom. The number of aromatic amines is 1. The Bertz CT molecular complexity index is 782. The lowest BCUT2D eigenvalue weighted by Gasteiger charge is -2.09. The number of ether oxygens (including phenoxy) is 2. The second-order valence-corrected chi connectivity index (χ2v) is 4.46. The van der Waals surface area contributed by atoms with Crippen LogP contribution in [-0.4, -0.2) is 23.7 Å². The average molecular weight is 278 g/mol.